The number of nitrogens with two attached hydrogens (primary N) is 1. The molecule has 0 spiro atoms. The zero-order chi connectivity index (χ0) is 11.5. The lowest BCUT2D eigenvalue weighted by atomic mass is 10.3. The topological polar surface area (TPSA) is 92.9 Å². The second-order valence-corrected chi connectivity index (χ2v) is 3.26. The number of fused-ring (bicyclic) bond motifs is 1. The molecule has 6 heteroatoms. The molecule has 4 N–H and O–H groups in total. The van der Waals surface area contributed by atoms with Crippen LogP contribution in [0, 0.1) is 6.92 Å². The molecule has 2 amide bonds. The Kier molecular flexibility index (Phi) is 2.55. The van der Waals surface area contributed by atoms with Crippen molar-refractivity contribution < 1.29 is 4.79 Å². The number of nitrogens with zero attached hydrogens (tertiary/aromatic N) is 2. The summed E-state index contributed by atoms with van der Waals surface area (Å²) in [5.41, 5.74) is 12.1. The van der Waals surface area contributed by atoms with E-state index >= 15 is 0 Å². The lowest BCUT2D eigenvalue weighted by Crippen LogP contribution is -2.34. The fraction of sp³-hybridized carbons (Fsp3) is 0.100. The molecule has 2 aromatic rings. The van der Waals surface area contributed by atoms with Gasteiger partial charge in [-0.2, -0.15) is 0 Å². The molecule has 1 aromatic carbocycles. The predicted molar refractivity (Wildman–Crippen MR) is 60.6 cm³/mol. The first kappa shape index (κ1) is 10.2. The van der Waals surface area contributed by atoms with E-state index < -0.39 is 6.03 Å². The summed E-state index contributed by atoms with van der Waals surface area (Å²) >= 11 is 0. The van der Waals surface area contributed by atoms with Gasteiger partial charge in [0.1, 0.15) is 0 Å². The van der Waals surface area contributed by atoms with E-state index in [1.165, 1.54) is 0 Å². The van der Waals surface area contributed by atoms with Crippen LogP contribution in [0.15, 0.2) is 24.3 Å². The van der Waals surface area contributed by atoms with E-state index in [0.29, 0.717) is 11.5 Å². The second kappa shape index (κ2) is 4.01. The average molecular weight is 217 g/mol. The van der Waals surface area contributed by atoms with Crippen molar-refractivity contribution in [1.82, 2.24) is 15.4 Å². The zero-order valence-electron chi connectivity index (χ0n) is 8.69. The Bertz CT molecular complexity index is 540. The van der Waals surface area contributed by atoms with Crippen LogP contribution in [0.5, 0.6) is 0 Å². The first-order chi connectivity index (χ1) is 7.66. The van der Waals surface area contributed by atoms with Crippen LogP contribution in [0.25, 0.3) is 11.0 Å². The van der Waals surface area contributed by atoms with Crippen LogP contribution in [0.2, 0.25) is 0 Å². The van der Waals surface area contributed by atoms with Crippen molar-refractivity contribution in [2.45, 2.75) is 6.92 Å². The van der Waals surface area contributed by atoms with Crippen LogP contribution < -0.4 is 16.6 Å². The van der Waals surface area contributed by atoms with Gasteiger partial charge in [0.15, 0.2) is 5.82 Å². The number of hydrogen-bond donors (Lipinski definition) is 3. The number of rotatable bonds is 2. The van der Waals surface area contributed by atoms with Crippen LogP contribution >= 0.6 is 0 Å². The highest BCUT2D eigenvalue weighted by Crippen LogP contribution is 2.14. The number of hydrazine groups is 1. The van der Waals surface area contributed by atoms with E-state index in [4.69, 9.17) is 5.73 Å². The number of para-hydroxylation sites is 2. The van der Waals surface area contributed by atoms with Crippen molar-refractivity contribution >= 4 is 22.9 Å². The van der Waals surface area contributed by atoms with Gasteiger partial charge in [-0.25, -0.2) is 14.8 Å². The normalized spacial score (nSPS) is 10.1. The average Bonchev–Trinajstić information content (AvgIpc) is 2.26. The monoisotopic (exact) mass is 217 g/mol. The van der Waals surface area contributed by atoms with Gasteiger partial charge in [-0.05, 0) is 19.1 Å². The van der Waals surface area contributed by atoms with Gasteiger partial charge in [0.2, 0.25) is 0 Å². The third kappa shape index (κ3) is 2.00. The summed E-state index contributed by atoms with van der Waals surface area (Å²) in [6.07, 6.45) is 0. The third-order valence-electron chi connectivity index (χ3n) is 2.05. The van der Waals surface area contributed by atoms with Crippen molar-refractivity contribution in [1.29, 1.82) is 0 Å². The predicted octanol–water partition coefficient (Wildman–Crippen LogP) is 0.933. The Hall–Kier alpha value is -2.37. The molecule has 6 nitrogen and oxygen atoms in total. The highest BCUT2D eigenvalue weighted by atomic mass is 16.2. The number of carbonyl (C=O) groups is 1. The number of benzene rings is 1. The van der Waals surface area contributed by atoms with Crippen molar-refractivity contribution in [2.75, 3.05) is 5.43 Å². The molecule has 0 saturated carbocycles. The summed E-state index contributed by atoms with van der Waals surface area (Å²) < 4.78 is 0. The van der Waals surface area contributed by atoms with Gasteiger partial charge in [0, 0.05) is 0 Å². The number of carbonyl (C=O) groups excluding carboxylic acids is 1. The number of hydrogen-bond acceptors (Lipinski definition) is 4. The lowest BCUT2D eigenvalue weighted by molar-refractivity contribution is 0.250. The second-order valence-electron chi connectivity index (χ2n) is 3.26. The van der Waals surface area contributed by atoms with Gasteiger partial charge in [0.05, 0.1) is 16.7 Å². The number of anilines is 1. The van der Waals surface area contributed by atoms with Crippen molar-refractivity contribution in [2.24, 2.45) is 5.73 Å². The summed E-state index contributed by atoms with van der Waals surface area (Å²) in [5, 5.41) is 0. The summed E-state index contributed by atoms with van der Waals surface area (Å²) in [7, 11) is 0. The Labute approximate surface area is 91.9 Å². The minimum absolute atomic E-state index is 0.484. The van der Waals surface area contributed by atoms with Crippen molar-refractivity contribution in [3.63, 3.8) is 0 Å². The van der Waals surface area contributed by atoms with Gasteiger partial charge in [0.25, 0.3) is 0 Å². The number of aromatic nitrogens is 2. The lowest BCUT2D eigenvalue weighted by Gasteiger charge is -2.08. The van der Waals surface area contributed by atoms with E-state index in [-0.39, 0.29) is 0 Å². The molecule has 1 aromatic heterocycles. The Morgan fingerprint density at radius 3 is 2.50 bits per heavy atom. The molecular formula is C10H11N5O. The number of nitrogens with one attached hydrogen (secondary N) is 2. The van der Waals surface area contributed by atoms with Gasteiger partial charge in [-0.3, -0.25) is 10.9 Å². The maximum absolute atomic E-state index is 10.5. The number of urea groups is 1. The molecule has 0 atom stereocenters. The molecule has 82 valence electrons. The fourth-order valence-corrected chi connectivity index (χ4v) is 1.33. The summed E-state index contributed by atoms with van der Waals surface area (Å²) in [4.78, 5) is 19.2. The minimum atomic E-state index is -0.672. The molecule has 0 fully saturated rings. The molecule has 0 aliphatic carbocycles. The standard InChI is InChI=1S/C10H11N5O/c1-6-9(14-15-10(11)16)13-8-5-3-2-4-7(8)12-6/h2-5H,1H3,(H,13,14)(H3,11,15,16). The first-order valence-corrected chi connectivity index (χ1v) is 4.71. The number of amides is 2. The molecule has 0 radical (unpaired) electrons. The summed E-state index contributed by atoms with van der Waals surface area (Å²) in [6, 6.07) is 6.81. The zero-order valence-corrected chi connectivity index (χ0v) is 8.69. The SMILES string of the molecule is Cc1nc2ccccc2nc1NNC(N)=O. The van der Waals surface area contributed by atoms with E-state index in [1.54, 1.807) is 6.92 Å². The van der Waals surface area contributed by atoms with Crippen molar-refractivity contribution in [3.8, 4) is 0 Å². The number of aryl methyl sites for hydroxylation is 1. The first-order valence-electron chi connectivity index (χ1n) is 4.71. The van der Waals surface area contributed by atoms with Crippen molar-refractivity contribution in [3.05, 3.63) is 30.0 Å². The smallest absolute Gasteiger partial charge is 0.330 e. The molecular weight excluding hydrogens is 206 g/mol. The third-order valence-corrected chi connectivity index (χ3v) is 2.05. The molecule has 0 unspecified atom stereocenters. The van der Waals surface area contributed by atoms with Crippen LogP contribution in [0.1, 0.15) is 5.69 Å². The molecule has 16 heavy (non-hydrogen) atoms. The number of primary amides is 1. The van der Waals surface area contributed by atoms with Gasteiger partial charge in [-0.1, -0.05) is 12.1 Å². The molecule has 0 aliphatic heterocycles. The van der Waals surface area contributed by atoms with Crippen LogP contribution in [-0.2, 0) is 0 Å². The molecule has 0 saturated heterocycles. The van der Waals surface area contributed by atoms with Gasteiger partial charge < -0.3 is 5.73 Å². The Morgan fingerprint density at radius 2 is 1.88 bits per heavy atom. The fourth-order valence-electron chi connectivity index (χ4n) is 1.33. The minimum Gasteiger partial charge on any atom is -0.350 e. The van der Waals surface area contributed by atoms with Crippen LogP contribution in [0.4, 0.5) is 10.6 Å². The summed E-state index contributed by atoms with van der Waals surface area (Å²) in [6.45, 7) is 1.80. The van der Waals surface area contributed by atoms with E-state index in [2.05, 4.69) is 20.8 Å². The molecule has 2 rings (SSSR count). The molecule has 0 aliphatic rings. The molecule has 0 bridgehead atoms. The quantitative estimate of drug-likeness (QED) is 0.652. The molecule has 1 heterocycles. The van der Waals surface area contributed by atoms with E-state index in [9.17, 15) is 4.79 Å². The van der Waals surface area contributed by atoms with E-state index in [0.717, 1.165) is 11.0 Å². The Balaban J connectivity index is 2.38. The highest BCUT2D eigenvalue weighted by Gasteiger charge is 2.04. The van der Waals surface area contributed by atoms with E-state index in [1.807, 2.05) is 24.3 Å². The maximum atomic E-state index is 10.5. The Morgan fingerprint density at radius 1 is 1.25 bits per heavy atom. The maximum Gasteiger partial charge on any atom is 0.330 e. The van der Waals surface area contributed by atoms with Gasteiger partial charge >= 0.3 is 6.03 Å². The van der Waals surface area contributed by atoms with Crippen LogP contribution in [0.3, 0.4) is 0 Å². The summed E-state index contributed by atoms with van der Waals surface area (Å²) in [5.74, 6) is 0.484. The van der Waals surface area contributed by atoms with Gasteiger partial charge in [-0.15, -0.1) is 0 Å². The van der Waals surface area contributed by atoms with Crippen LogP contribution in [-0.4, -0.2) is 16.0 Å². The largest absolute Gasteiger partial charge is 0.350 e. The highest BCUT2D eigenvalue weighted by molar-refractivity contribution is 5.77.